The van der Waals surface area contributed by atoms with Crippen LogP contribution in [0.15, 0.2) is 24.4 Å². The van der Waals surface area contributed by atoms with Gasteiger partial charge < -0.3 is 10.2 Å². The van der Waals surface area contributed by atoms with E-state index in [4.69, 9.17) is 0 Å². The summed E-state index contributed by atoms with van der Waals surface area (Å²) in [6.45, 7) is 8.62. The van der Waals surface area contributed by atoms with Crippen LogP contribution >= 0.6 is 9.90 Å². The van der Waals surface area contributed by atoms with Gasteiger partial charge in [-0.25, -0.2) is 4.98 Å². The van der Waals surface area contributed by atoms with Gasteiger partial charge in [0, 0.05) is 62.0 Å². The van der Waals surface area contributed by atoms with E-state index in [2.05, 4.69) is 29.0 Å². The summed E-state index contributed by atoms with van der Waals surface area (Å²) in [4.78, 5) is 6.58. The van der Waals surface area contributed by atoms with E-state index in [0.29, 0.717) is 0 Å². The minimum atomic E-state index is 0. The number of nitrogens with zero attached hydrogens (tertiary/aromatic N) is 2. The maximum Gasteiger partial charge on any atom is 0.125 e. The van der Waals surface area contributed by atoms with Gasteiger partial charge in [0.05, 0.1) is 0 Å². The minimum Gasteiger partial charge on any atom is -0.369 e. The van der Waals surface area contributed by atoms with Crippen LogP contribution in [0.5, 0.6) is 0 Å². The van der Waals surface area contributed by atoms with Gasteiger partial charge in [0.2, 0.25) is 0 Å². The average Bonchev–Trinajstić information content (AvgIpc) is 2.26. The smallest absolute Gasteiger partial charge is 0.125 e. The Bertz CT molecular complexity index is 248. The Balaban J connectivity index is -0.000000653. The van der Waals surface area contributed by atoms with Crippen LogP contribution in [0.1, 0.15) is 15.3 Å². The van der Waals surface area contributed by atoms with E-state index < -0.39 is 0 Å². The molecule has 1 aromatic heterocycles. The molecule has 1 rings (SSSR count). The Hall–Kier alpha value is 0.704. The summed E-state index contributed by atoms with van der Waals surface area (Å²) in [6, 6.07) is 5.91. The Kier molecular flexibility index (Phi) is 14.5. The van der Waals surface area contributed by atoms with Crippen LogP contribution in [-0.2, 0) is 0 Å². The van der Waals surface area contributed by atoms with Gasteiger partial charge in [0.15, 0.2) is 0 Å². The molecule has 3 nitrogen and oxygen atoms in total. The number of hydrogen-bond donors (Lipinski definition) is 1. The third-order valence-corrected chi connectivity index (χ3v) is 2.29. The molecule has 0 aromatic carbocycles. The van der Waals surface area contributed by atoms with E-state index in [1.165, 1.54) is 0 Å². The molecule has 5 heteroatoms. The molecule has 1 radical (unpaired) electrons. The number of rotatable bonds is 6. The van der Waals surface area contributed by atoms with Crippen molar-refractivity contribution in [3.05, 3.63) is 24.4 Å². The molecule has 91 valence electrons. The van der Waals surface area contributed by atoms with E-state index in [9.17, 15) is 0 Å². The third kappa shape index (κ3) is 7.89. The van der Waals surface area contributed by atoms with Crippen LogP contribution in [0.3, 0.4) is 0 Å². The SMILES string of the molecule is CCN(CC)CCNc1ccccn1.P.[HH].[Pr]. The van der Waals surface area contributed by atoms with Crippen LogP contribution in [0.25, 0.3) is 0 Å². The largest absolute Gasteiger partial charge is 0.369 e. The standard InChI is InChI=1S/C11H19N3.H3P.Pr.H2/c1-3-14(4-2)10-9-13-11-7-5-6-8-12-11;;;/h5-8H,3-4,9-10H2,1-2H3,(H,12,13);1H3;;1H. The van der Waals surface area contributed by atoms with Gasteiger partial charge in [-0.15, -0.1) is 0 Å². The molecule has 0 bridgehead atoms. The second kappa shape index (κ2) is 12.2. The van der Waals surface area contributed by atoms with Crippen LogP contribution in [0, 0.1) is 41.3 Å². The van der Waals surface area contributed by atoms with Crippen molar-refractivity contribution in [1.29, 1.82) is 0 Å². The number of nitrogens with one attached hydrogen (secondary N) is 1. The van der Waals surface area contributed by atoms with Crippen molar-refractivity contribution in [2.24, 2.45) is 0 Å². The van der Waals surface area contributed by atoms with E-state index in [0.717, 1.165) is 32.0 Å². The normalized spacial score (nSPS) is 9.19. The van der Waals surface area contributed by atoms with E-state index in [1.54, 1.807) is 6.20 Å². The van der Waals surface area contributed by atoms with E-state index >= 15 is 0 Å². The molecule has 0 saturated heterocycles. The molecule has 0 saturated carbocycles. The van der Waals surface area contributed by atoms with E-state index in [-0.39, 0.29) is 52.6 Å². The molecule has 1 heterocycles. The van der Waals surface area contributed by atoms with E-state index in [1.807, 2.05) is 18.2 Å². The molecule has 16 heavy (non-hydrogen) atoms. The number of aromatic nitrogens is 1. The van der Waals surface area contributed by atoms with Crippen molar-refractivity contribution in [3.8, 4) is 0 Å². The minimum absolute atomic E-state index is 0. The predicted molar refractivity (Wildman–Crippen MR) is 73.7 cm³/mol. The van der Waals surface area contributed by atoms with Crippen LogP contribution in [-0.4, -0.2) is 36.1 Å². The molecular formula is C11H24N3PPr. The first kappa shape index (κ1) is 19.1. The van der Waals surface area contributed by atoms with Crippen LogP contribution < -0.4 is 5.32 Å². The molecule has 0 aliphatic rings. The third-order valence-electron chi connectivity index (χ3n) is 2.29. The fraction of sp³-hybridized carbons (Fsp3) is 0.545. The fourth-order valence-corrected chi connectivity index (χ4v) is 1.35. The van der Waals surface area contributed by atoms with Crippen LogP contribution in [0.2, 0.25) is 0 Å². The average molecular weight is 370 g/mol. The Labute approximate surface area is 137 Å². The monoisotopic (exact) mass is 370 g/mol. The van der Waals surface area contributed by atoms with Gasteiger partial charge in [-0.1, -0.05) is 19.9 Å². The number of anilines is 1. The molecule has 1 atom stereocenters. The summed E-state index contributed by atoms with van der Waals surface area (Å²) in [6.07, 6.45) is 1.81. The second-order valence-electron chi connectivity index (χ2n) is 3.17. The predicted octanol–water partition coefficient (Wildman–Crippen LogP) is 2.14. The summed E-state index contributed by atoms with van der Waals surface area (Å²) in [7, 11) is 0. The molecule has 0 fully saturated rings. The van der Waals surface area contributed by atoms with Crippen molar-refractivity contribution >= 4 is 15.7 Å². The maximum absolute atomic E-state index is 4.20. The zero-order valence-corrected chi connectivity index (χ0v) is 15.4. The molecule has 0 aliphatic heterocycles. The number of pyridine rings is 1. The van der Waals surface area contributed by atoms with Gasteiger partial charge in [0.1, 0.15) is 5.82 Å². The Morgan fingerprint density at radius 1 is 1.31 bits per heavy atom. The second-order valence-corrected chi connectivity index (χ2v) is 3.17. The fourth-order valence-electron chi connectivity index (χ4n) is 1.35. The first-order chi connectivity index (χ1) is 6.86. The topological polar surface area (TPSA) is 28.2 Å². The van der Waals surface area contributed by atoms with Crippen molar-refractivity contribution in [1.82, 2.24) is 9.88 Å². The zero-order chi connectivity index (χ0) is 10.2. The number of likely N-dealkylation sites (N-methyl/N-ethyl adjacent to an activating group) is 1. The van der Waals surface area contributed by atoms with Crippen molar-refractivity contribution in [2.45, 2.75) is 13.8 Å². The summed E-state index contributed by atoms with van der Waals surface area (Å²) in [5.41, 5.74) is 0. The van der Waals surface area contributed by atoms with Crippen molar-refractivity contribution < 1.29 is 42.7 Å². The van der Waals surface area contributed by atoms with Gasteiger partial charge >= 0.3 is 0 Å². The first-order valence-corrected chi connectivity index (χ1v) is 5.24. The summed E-state index contributed by atoms with van der Waals surface area (Å²) < 4.78 is 0. The number of hydrogen-bond acceptors (Lipinski definition) is 3. The summed E-state index contributed by atoms with van der Waals surface area (Å²) in [5, 5.41) is 3.29. The van der Waals surface area contributed by atoms with Crippen LogP contribution in [0.4, 0.5) is 5.82 Å². The molecule has 0 amide bonds. The van der Waals surface area contributed by atoms with Gasteiger partial charge in [-0.05, 0) is 25.2 Å². The molecule has 1 N–H and O–H groups in total. The van der Waals surface area contributed by atoms with Gasteiger partial charge in [-0.3, -0.25) is 0 Å². The Morgan fingerprint density at radius 2 is 2.00 bits per heavy atom. The van der Waals surface area contributed by atoms with Gasteiger partial charge in [0.25, 0.3) is 0 Å². The first-order valence-electron chi connectivity index (χ1n) is 5.24. The molecule has 0 aliphatic carbocycles. The van der Waals surface area contributed by atoms with Crippen molar-refractivity contribution in [2.75, 3.05) is 31.5 Å². The van der Waals surface area contributed by atoms with Gasteiger partial charge in [-0.2, -0.15) is 9.90 Å². The summed E-state index contributed by atoms with van der Waals surface area (Å²) in [5.74, 6) is 0.958. The molecule has 1 unspecified atom stereocenters. The molecule has 0 spiro atoms. The van der Waals surface area contributed by atoms with Crippen molar-refractivity contribution in [3.63, 3.8) is 0 Å². The Morgan fingerprint density at radius 3 is 2.50 bits per heavy atom. The zero-order valence-electron chi connectivity index (χ0n) is 10.3. The summed E-state index contributed by atoms with van der Waals surface area (Å²) >= 11 is 0. The maximum atomic E-state index is 4.20. The quantitative estimate of drug-likeness (QED) is 0.778. The molecular weight excluding hydrogens is 346 g/mol. The molecule has 1 aromatic rings.